The van der Waals surface area contributed by atoms with Crippen LogP contribution in [0.25, 0.3) is 0 Å². The minimum atomic E-state index is -3.30. The van der Waals surface area contributed by atoms with Crippen molar-refractivity contribution in [3.8, 4) is 0 Å². The molecule has 1 aliphatic carbocycles. The lowest BCUT2D eigenvalue weighted by Crippen LogP contribution is -2.52. The number of hydrogen-bond donors (Lipinski definition) is 1. The number of sulfonamides is 1. The van der Waals surface area contributed by atoms with Crippen LogP contribution in [0.15, 0.2) is 10.6 Å². The number of hydrogen-bond acceptors (Lipinski definition) is 6. The van der Waals surface area contributed by atoms with Gasteiger partial charge in [0.1, 0.15) is 5.76 Å². The van der Waals surface area contributed by atoms with Crippen LogP contribution < -0.4 is 5.32 Å². The Kier molecular flexibility index (Phi) is 7.27. The molecule has 3 heterocycles. The summed E-state index contributed by atoms with van der Waals surface area (Å²) >= 11 is 0. The second-order valence-corrected chi connectivity index (χ2v) is 12.4. The van der Waals surface area contributed by atoms with Crippen LogP contribution in [0.1, 0.15) is 81.5 Å². The Balaban J connectivity index is 1.25. The maximum absolute atomic E-state index is 13.1. The molecule has 3 fully saturated rings. The van der Waals surface area contributed by atoms with Gasteiger partial charge < -0.3 is 14.7 Å². The molecule has 2 aliphatic heterocycles. The number of nitrogens with one attached hydrogen (secondary N) is 1. The van der Waals surface area contributed by atoms with Crippen LogP contribution in [0.3, 0.4) is 0 Å². The summed E-state index contributed by atoms with van der Waals surface area (Å²) in [5, 5.41) is 6.93. The number of aromatic nitrogens is 1. The fourth-order valence-corrected chi connectivity index (χ4v) is 7.30. The number of rotatable bonds is 8. The van der Waals surface area contributed by atoms with Crippen LogP contribution in [0.4, 0.5) is 0 Å². The van der Waals surface area contributed by atoms with Crippen LogP contribution in [-0.4, -0.2) is 72.7 Å². The maximum Gasteiger partial charge on any atom is 0.273 e. The van der Waals surface area contributed by atoms with E-state index in [2.05, 4.69) is 29.2 Å². The summed E-state index contributed by atoms with van der Waals surface area (Å²) in [5.41, 5.74) is 0.318. The normalized spacial score (nSPS) is 26.5. The van der Waals surface area contributed by atoms with Crippen molar-refractivity contribution in [1.82, 2.24) is 19.7 Å². The number of piperidine rings is 2. The van der Waals surface area contributed by atoms with Gasteiger partial charge in [0, 0.05) is 37.2 Å². The average Bonchev–Trinajstić information content (AvgIpc) is 3.45. The molecule has 9 heteroatoms. The van der Waals surface area contributed by atoms with Crippen LogP contribution >= 0.6 is 0 Å². The van der Waals surface area contributed by atoms with Crippen molar-refractivity contribution in [3.05, 3.63) is 17.5 Å². The molecule has 0 spiro atoms. The molecule has 0 radical (unpaired) electrons. The summed E-state index contributed by atoms with van der Waals surface area (Å²) in [4.78, 5) is 15.0. The van der Waals surface area contributed by atoms with Gasteiger partial charge in [-0.15, -0.1) is 0 Å². The van der Waals surface area contributed by atoms with E-state index in [0.717, 1.165) is 51.1 Å². The van der Waals surface area contributed by atoms with Gasteiger partial charge >= 0.3 is 0 Å². The first-order valence-corrected chi connectivity index (χ1v) is 13.8. The molecule has 180 valence electrons. The predicted molar refractivity (Wildman–Crippen MR) is 123 cm³/mol. The molecular formula is C23H38N4O4S. The Morgan fingerprint density at radius 3 is 2.53 bits per heavy atom. The molecule has 3 aliphatic rings. The molecule has 1 saturated carbocycles. The van der Waals surface area contributed by atoms with Crippen molar-refractivity contribution in [3.63, 3.8) is 0 Å². The van der Waals surface area contributed by atoms with Crippen molar-refractivity contribution in [2.45, 2.75) is 77.3 Å². The van der Waals surface area contributed by atoms with E-state index in [1.807, 2.05) is 6.92 Å². The van der Waals surface area contributed by atoms with Crippen molar-refractivity contribution >= 4 is 15.9 Å². The van der Waals surface area contributed by atoms with E-state index in [1.54, 1.807) is 10.4 Å². The summed E-state index contributed by atoms with van der Waals surface area (Å²) in [6, 6.07) is 1.56. The van der Waals surface area contributed by atoms with E-state index >= 15 is 0 Å². The molecule has 1 N–H and O–H groups in total. The lowest BCUT2D eigenvalue weighted by Gasteiger charge is -2.38. The highest BCUT2D eigenvalue weighted by Crippen LogP contribution is 2.40. The second-order valence-electron chi connectivity index (χ2n) is 10.5. The molecular weight excluding hydrogens is 428 g/mol. The van der Waals surface area contributed by atoms with E-state index in [4.69, 9.17) is 4.52 Å². The lowest BCUT2D eigenvalue weighted by molar-refractivity contribution is 0.0905. The Labute approximate surface area is 192 Å². The summed E-state index contributed by atoms with van der Waals surface area (Å²) < 4.78 is 33.2. The van der Waals surface area contributed by atoms with Gasteiger partial charge in [0.15, 0.2) is 5.69 Å². The van der Waals surface area contributed by atoms with Gasteiger partial charge in [-0.3, -0.25) is 4.79 Å². The Morgan fingerprint density at radius 2 is 1.91 bits per heavy atom. The third kappa shape index (κ3) is 5.91. The largest absolute Gasteiger partial charge is 0.360 e. The molecule has 32 heavy (non-hydrogen) atoms. The zero-order valence-electron chi connectivity index (χ0n) is 19.6. The van der Waals surface area contributed by atoms with Crippen molar-refractivity contribution in [2.24, 2.45) is 11.8 Å². The molecule has 8 nitrogen and oxygen atoms in total. The molecule has 1 aromatic heterocycles. The van der Waals surface area contributed by atoms with E-state index in [1.165, 1.54) is 0 Å². The average molecular weight is 467 g/mol. The number of nitrogens with zero attached hydrogens (tertiary/aromatic N) is 3. The molecule has 2 saturated heterocycles. The van der Waals surface area contributed by atoms with E-state index in [9.17, 15) is 13.2 Å². The topological polar surface area (TPSA) is 95.8 Å². The molecule has 0 unspecified atom stereocenters. The van der Waals surface area contributed by atoms with Gasteiger partial charge in [0.2, 0.25) is 10.0 Å². The smallest absolute Gasteiger partial charge is 0.273 e. The van der Waals surface area contributed by atoms with Gasteiger partial charge in [0.25, 0.3) is 5.91 Å². The third-order valence-electron chi connectivity index (χ3n) is 7.03. The molecule has 1 aromatic rings. The van der Waals surface area contributed by atoms with Crippen LogP contribution in [0, 0.1) is 11.8 Å². The summed E-state index contributed by atoms with van der Waals surface area (Å²) in [5.74, 6) is 2.09. The lowest BCUT2D eigenvalue weighted by atomic mass is 9.98. The standard InChI is InChI=1S/C23H38N4O4S/c1-16(2)14-26-9-6-18(7-10-26)15-32(29,30)27-11-8-20(12-17(27)3)24-23(28)21-13-22(31-25-21)19-4-5-19/h13,16-20H,4-12,14-15H2,1-3H3,(H,24,28)/t17-,20-/m1/s1. The van der Waals surface area contributed by atoms with Gasteiger partial charge in [-0.1, -0.05) is 19.0 Å². The molecule has 1 amide bonds. The highest BCUT2D eigenvalue weighted by molar-refractivity contribution is 7.89. The number of likely N-dealkylation sites (tertiary alicyclic amines) is 1. The van der Waals surface area contributed by atoms with Gasteiger partial charge in [-0.2, -0.15) is 4.31 Å². The molecule has 0 bridgehead atoms. The van der Waals surface area contributed by atoms with Crippen molar-refractivity contribution in [2.75, 3.05) is 31.9 Å². The highest BCUT2D eigenvalue weighted by Gasteiger charge is 2.36. The summed E-state index contributed by atoms with van der Waals surface area (Å²) in [7, 11) is -3.30. The fraction of sp³-hybridized carbons (Fsp3) is 0.826. The fourth-order valence-electron chi connectivity index (χ4n) is 5.16. The molecule has 0 aromatic carbocycles. The number of amides is 1. The number of carbonyl (C=O) groups is 1. The minimum Gasteiger partial charge on any atom is -0.360 e. The SMILES string of the molecule is CC(C)CN1CCC(CS(=O)(=O)N2CC[C@@H](NC(=O)c3cc(C4CC4)on3)C[C@H]2C)CC1. The van der Waals surface area contributed by atoms with Gasteiger partial charge in [0.05, 0.1) is 5.75 Å². The summed E-state index contributed by atoms with van der Waals surface area (Å²) in [6.07, 6.45) is 5.33. The van der Waals surface area contributed by atoms with Gasteiger partial charge in [-0.05, 0) is 70.4 Å². The van der Waals surface area contributed by atoms with Crippen LogP contribution in [0.2, 0.25) is 0 Å². The Morgan fingerprint density at radius 1 is 1.19 bits per heavy atom. The monoisotopic (exact) mass is 466 g/mol. The van der Waals surface area contributed by atoms with E-state index in [-0.39, 0.29) is 29.7 Å². The zero-order chi connectivity index (χ0) is 22.9. The first kappa shape index (κ1) is 23.7. The third-order valence-corrected chi connectivity index (χ3v) is 9.17. The zero-order valence-corrected chi connectivity index (χ0v) is 20.4. The maximum atomic E-state index is 13.1. The molecule has 2 atom stereocenters. The van der Waals surface area contributed by atoms with Crippen molar-refractivity contribution < 1.29 is 17.7 Å². The van der Waals surface area contributed by atoms with Gasteiger partial charge in [-0.25, -0.2) is 8.42 Å². The highest BCUT2D eigenvalue weighted by atomic mass is 32.2. The van der Waals surface area contributed by atoms with Crippen molar-refractivity contribution in [1.29, 1.82) is 0 Å². The Hall–Kier alpha value is -1.45. The van der Waals surface area contributed by atoms with Crippen LogP contribution in [-0.2, 0) is 10.0 Å². The number of carbonyl (C=O) groups excluding carboxylic acids is 1. The molecule has 4 rings (SSSR count). The first-order valence-electron chi connectivity index (χ1n) is 12.2. The predicted octanol–water partition coefficient (Wildman–Crippen LogP) is 2.83. The second kappa shape index (κ2) is 9.81. The first-order chi connectivity index (χ1) is 15.2. The quantitative estimate of drug-likeness (QED) is 0.633. The summed E-state index contributed by atoms with van der Waals surface area (Å²) in [6.45, 7) is 9.92. The van der Waals surface area contributed by atoms with Crippen LogP contribution in [0.5, 0.6) is 0 Å². The minimum absolute atomic E-state index is 0.0516. The van der Waals surface area contributed by atoms with E-state index in [0.29, 0.717) is 36.9 Å². The Bertz CT molecular complexity index is 888. The van der Waals surface area contributed by atoms with E-state index < -0.39 is 10.0 Å².